The van der Waals surface area contributed by atoms with Gasteiger partial charge in [0.25, 0.3) is 0 Å². The lowest BCUT2D eigenvalue weighted by Gasteiger charge is -2.22. The molecule has 1 aliphatic rings. The molecule has 0 aliphatic heterocycles. The fourth-order valence-electron chi connectivity index (χ4n) is 2.04. The monoisotopic (exact) mass is 206 g/mol. The van der Waals surface area contributed by atoms with Gasteiger partial charge >= 0.3 is 0 Å². The number of carbonyl (C=O) groups is 1. The van der Waals surface area contributed by atoms with E-state index in [1.807, 2.05) is 0 Å². The van der Waals surface area contributed by atoms with Crippen molar-refractivity contribution < 1.29 is 4.79 Å². The third-order valence-corrected chi connectivity index (χ3v) is 3.16. The van der Waals surface area contributed by atoms with Crippen LogP contribution in [0.4, 0.5) is 0 Å². The average Bonchev–Trinajstić information content (AvgIpc) is 2.18. The van der Waals surface area contributed by atoms with Gasteiger partial charge in [-0.15, -0.1) is 0 Å². The molecule has 1 nitrogen and oxygen atoms in total. The predicted molar refractivity (Wildman–Crippen MR) is 64.7 cm³/mol. The Morgan fingerprint density at radius 1 is 1.60 bits per heavy atom. The van der Waals surface area contributed by atoms with Crippen molar-refractivity contribution in [1.82, 2.24) is 0 Å². The number of hydrogen-bond donors (Lipinski definition) is 0. The molecule has 0 saturated carbocycles. The van der Waals surface area contributed by atoms with E-state index in [0.29, 0.717) is 17.6 Å². The minimum Gasteiger partial charge on any atom is -0.295 e. The van der Waals surface area contributed by atoms with Gasteiger partial charge in [0.05, 0.1) is 0 Å². The van der Waals surface area contributed by atoms with Gasteiger partial charge in [-0.05, 0) is 51.0 Å². The standard InChI is InChI=1S/C14H22O/c1-11(2)5-4-6-12(3)13-7-9-14(15)10-8-13/h5,7,9,12-13H,4,6,8,10H2,1-3H3/t12-,13-/m0/s1. The summed E-state index contributed by atoms with van der Waals surface area (Å²) >= 11 is 0. The SMILES string of the molecule is CC(C)=CCC[C@H](C)[C@H]1C=CC(=O)CC1. The summed E-state index contributed by atoms with van der Waals surface area (Å²) in [5, 5.41) is 0. The molecule has 2 atom stereocenters. The number of ketones is 1. The lowest BCUT2D eigenvalue weighted by atomic mass is 9.83. The molecule has 0 fully saturated rings. The zero-order valence-electron chi connectivity index (χ0n) is 10.1. The van der Waals surface area contributed by atoms with Gasteiger partial charge < -0.3 is 0 Å². The highest BCUT2D eigenvalue weighted by molar-refractivity contribution is 5.90. The van der Waals surface area contributed by atoms with E-state index in [0.717, 1.165) is 12.8 Å². The number of hydrogen-bond acceptors (Lipinski definition) is 1. The van der Waals surface area contributed by atoms with E-state index >= 15 is 0 Å². The maximum Gasteiger partial charge on any atom is 0.155 e. The fourth-order valence-corrected chi connectivity index (χ4v) is 2.04. The van der Waals surface area contributed by atoms with Crippen molar-refractivity contribution in [3.05, 3.63) is 23.8 Å². The van der Waals surface area contributed by atoms with Gasteiger partial charge in [-0.3, -0.25) is 4.79 Å². The molecule has 0 aromatic carbocycles. The zero-order chi connectivity index (χ0) is 11.3. The van der Waals surface area contributed by atoms with E-state index in [1.165, 1.54) is 18.4 Å². The van der Waals surface area contributed by atoms with Crippen LogP contribution in [0, 0.1) is 11.8 Å². The van der Waals surface area contributed by atoms with Crippen molar-refractivity contribution in [2.45, 2.75) is 46.5 Å². The minimum absolute atomic E-state index is 0.294. The van der Waals surface area contributed by atoms with Crippen molar-refractivity contribution in [2.24, 2.45) is 11.8 Å². The summed E-state index contributed by atoms with van der Waals surface area (Å²) in [5.41, 5.74) is 1.40. The minimum atomic E-state index is 0.294. The molecular formula is C14H22O. The van der Waals surface area contributed by atoms with Crippen LogP contribution in [-0.4, -0.2) is 5.78 Å². The Balaban J connectivity index is 2.34. The lowest BCUT2D eigenvalue weighted by Crippen LogP contribution is -2.15. The Labute approximate surface area is 93.3 Å². The Bertz CT molecular complexity index is 269. The Morgan fingerprint density at radius 2 is 2.33 bits per heavy atom. The highest BCUT2D eigenvalue weighted by Gasteiger charge is 2.18. The van der Waals surface area contributed by atoms with Crippen LogP contribution in [0.2, 0.25) is 0 Å². The second-order valence-electron chi connectivity index (χ2n) is 4.86. The molecule has 0 heterocycles. The topological polar surface area (TPSA) is 17.1 Å². The summed E-state index contributed by atoms with van der Waals surface area (Å²) in [6, 6.07) is 0. The average molecular weight is 206 g/mol. The van der Waals surface area contributed by atoms with Gasteiger partial charge in [0.1, 0.15) is 0 Å². The molecule has 0 aromatic rings. The zero-order valence-corrected chi connectivity index (χ0v) is 10.1. The van der Waals surface area contributed by atoms with Gasteiger partial charge in [0.15, 0.2) is 5.78 Å². The second kappa shape index (κ2) is 5.89. The molecule has 0 bridgehead atoms. The largest absolute Gasteiger partial charge is 0.295 e. The van der Waals surface area contributed by atoms with E-state index in [9.17, 15) is 4.79 Å². The third-order valence-electron chi connectivity index (χ3n) is 3.16. The molecule has 1 heteroatoms. The van der Waals surface area contributed by atoms with E-state index < -0.39 is 0 Å². The van der Waals surface area contributed by atoms with Gasteiger partial charge in [0, 0.05) is 6.42 Å². The van der Waals surface area contributed by atoms with Crippen LogP contribution in [-0.2, 0) is 4.79 Å². The van der Waals surface area contributed by atoms with Gasteiger partial charge in [-0.25, -0.2) is 0 Å². The molecule has 1 rings (SSSR count). The van der Waals surface area contributed by atoms with Crippen molar-refractivity contribution >= 4 is 5.78 Å². The van der Waals surface area contributed by atoms with Crippen LogP contribution < -0.4 is 0 Å². The molecule has 0 saturated heterocycles. The molecule has 84 valence electrons. The molecule has 0 amide bonds. The van der Waals surface area contributed by atoms with Gasteiger partial charge in [-0.2, -0.15) is 0 Å². The first-order valence-electron chi connectivity index (χ1n) is 5.94. The van der Waals surface area contributed by atoms with Crippen molar-refractivity contribution in [2.75, 3.05) is 0 Å². The summed E-state index contributed by atoms with van der Waals surface area (Å²) in [6.45, 7) is 6.58. The Kier molecular flexibility index (Phi) is 4.80. The summed E-state index contributed by atoms with van der Waals surface area (Å²) in [6.07, 6.45) is 10.4. The summed E-state index contributed by atoms with van der Waals surface area (Å²) in [7, 11) is 0. The molecule has 0 radical (unpaired) electrons. The maximum atomic E-state index is 11.0. The van der Waals surface area contributed by atoms with E-state index in [4.69, 9.17) is 0 Å². The first kappa shape index (κ1) is 12.2. The molecule has 1 aliphatic carbocycles. The summed E-state index contributed by atoms with van der Waals surface area (Å²) in [5.74, 6) is 1.61. The normalized spacial score (nSPS) is 22.6. The highest BCUT2D eigenvalue weighted by atomic mass is 16.1. The Hall–Kier alpha value is -0.850. The number of allylic oxidation sites excluding steroid dienone is 4. The van der Waals surface area contributed by atoms with Crippen LogP contribution in [0.3, 0.4) is 0 Å². The first-order chi connectivity index (χ1) is 7.09. The smallest absolute Gasteiger partial charge is 0.155 e. The quantitative estimate of drug-likeness (QED) is 0.637. The predicted octanol–water partition coefficient (Wildman–Crippen LogP) is 3.90. The maximum absolute atomic E-state index is 11.0. The molecular weight excluding hydrogens is 184 g/mol. The van der Waals surface area contributed by atoms with Crippen LogP contribution in [0.5, 0.6) is 0 Å². The third kappa shape index (κ3) is 4.46. The van der Waals surface area contributed by atoms with E-state index in [1.54, 1.807) is 6.08 Å². The number of carbonyl (C=O) groups excluding carboxylic acids is 1. The van der Waals surface area contributed by atoms with Crippen LogP contribution in [0.15, 0.2) is 23.8 Å². The van der Waals surface area contributed by atoms with Crippen molar-refractivity contribution in [3.8, 4) is 0 Å². The van der Waals surface area contributed by atoms with Crippen LogP contribution in [0.25, 0.3) is 0 Å². The summed E-state index contributed by atoms with van der Waals surface area (Å²) in [4.78, 5) is 11.0. The van der Waals surface area contributed by atoms with Gasteiger partial charge in [0.2, 0.25) is 0 Å². The molecule has 0 spiro atoms. The van der Waals surface area contributed by atoms with Crippen LogP contribution >= 0.6 is 0 Å². The number of rotatable bonds is 4. The first-order valence-corrected chi connectivity index (χ1v) is 5.94. The van der Waals surface area contributed by atoms with Gasteiger partial charge in [-0.1, -0.05) is 24.6 Å². The molecule has 15 heavy (non-hydrogen) atoms. The van der Waals surface area contributed by atoms with E-state index in [2.05, 4.69) is 32.9 Å². The summed E-state index contributed by atoms with van der Waals surface area (Å²) < 4.78 is 0. The lowest BCUT2D eigenvalue weighted by molar-refractivity contribution is -0.115. The molecule has 0 aromatic heterocycles. The highest BCUT2D eigenvalue weighted by Crippen LogP contribution is 2.26. The van der Waals surface area contributed by atoms with Crippen LogP contribution in [0.1, 0.15) is 46.5 Å². The van der Waals surface area contributed by atoms with Crippen molar-refractivity contribution in [1.29, 1.82) is 0 Å². The molecule has 0 unspecified atom stereocenters. The Morgan fingerprint density at radius 3 is 2.87 bits per heavy atom. The fraction of sp³-hybridized carbons (Fsp3) is 0.643. The van der Waals surface area contributed by atoms with Crippen molar-refractivity contribution in [3.63, 3.8) is 0 Å². The molecule has 0 N–H and O–H groups in total. The van der Waals surface area contributed by atoms with E-state index in [-0.39, 0.29) is 0 Å². The second-order valence-corrected chi connectivity index (χ2v) is 4.86.